The Balaban J connectivity index is 2.26. The van der Waals surface area contributed by atoms with Crippen molar-refractivity contribution in [3.63, 3.8) is 0 Å². The Morgan fingerprint density at radius 1 is 1.18 bits per heavy atom. The minimum Gasteiger partial charge on any atom is -0.319 e. The van der Waals surface area contributed by atoms with Crippen molar-refractivity contribution in [1.29, 1.82) is 5.26 Å². The second kappa shape index (κ2) is 7.08. The van der Waals surface area contributed by atoms with Crippen LogP contribution in [0.15, 0.2) is 48.0 Å². The lowest BCUT2D eigenvalue weighted by atomic mass is 10.1. The molecule has 0 aromatic heterocycles. The molecule has 0 bridgehead atoms. The molecule has 2 aromatic rings. The summed E-state index contributed by atoms with van der Waals surface area (Å²) >= 11 is 11.7. The van der Waals surface area contributed by atoms with Gasteiger partial charge in [-0.25, -0.2) is 4.39 Å². The molecule has 0 aliphatic rings. The SMILES string of the molecule is N#CC(=Cc1ccc(Cl)c(Cl)c1)C(=O)Nc1ccccc1F. The van der Waals surface area contributed by atoms with Crippen LogP contribution in [-0.2, 0) is 4.79 Å². The lowest BCUT2D eigenvalue weighted by molar-refractivity contribution is -0.112. The normalized spacial score (nSPS) is 10.9. The molecule has 0 aliphatic heterocycles. The smallest absolute Gasteiger partial charge is 0.266 e. The Labute approximate surface area is 136 Å². The molecule has 0 radical (unpaired) electrons. The molecule has 1 amide bonds. The van der Waals surface area contributed by atoms with Crippen LogP contribution in [0.25, 0.3) is 6.08 Å². The fourth-order valence-electron chi connectivity index (χ4n) is 1.67. The fraction of sp³-hybridized carbons (Fsp3) is 0. The van der Waals surface area contributed by atoms with E-state index in [-0.39, 0.29) is 11.3 Å². The summed E-state index contributed by atoms with van der Waals surface area (Å²) in [6, 6.07) is 12.2. The highest BCUT2D eigenvalue weighted by Crippen LogP contribution is 2.24. The summed E-state index contributed by atoms with van der Waals surface area (Å²) < 4.78 is 13.5. The number of amides is 1. The van der Waals surface area contributed by atoms with Gasteiger partial charge in [0, 0.05) is 0 Å². The maximum Gasteiger partial charge on any atom is 0.266 e. The number of carbonyl (C=O) groups excluding carboxylic acids is 1. The van der Waals surface area contributed by atoms with Gasteiger partial charge in [0.1, 0.15) is 17.5 Å². The molecule has 110 valence electrons. The number of nitrogens with zero attached hydrogens (tertiary/aromatic N) is 1. The molecule has 0 fully saturated rings. The predicted octanol–water partition coefficient (Wildman–Crippen LogP) is 4.68. The van der Waals surface area contributed by atoms with Crippen LogP contribution in [0.3, 0.4) is 0 Å². The lowest BCUT2D eigenvalue weighted by Gasteiger charge is -2.05. The van der Waals surface area contributed by atoms with Crippen molar-refractivity contribution < 1.29 is 9.18 Å². The Bertz CT molecular complexity index is 797. The van der Waals surface area contributed by atoms with Crippen molar-refractivity contribution in [2.45, 2.75) is 0 Å². The Kier molecular flexibility index (Phi) is 5.16. The fourth-order valence-corrected chi connectivity index (χ4v) is 1.98. The molecular weight excluding hydrogens is 326 g/mol. The third kappa shape index (κ3) is 3.85. The third-order valence-electron chi connectivity index (χ3n) is 2.74. The Morgan fingerprint density at radius 3 is 2.55 bits per heavy atom. The van der Waals surface area contributed by atoms with E-state index in [1.807, 2.05) is 0 Å². The maximum absolute atomic E-state index is 13.5. The van der Waals surface area contributed by atoms with Crippen LogP contribution in [-0.4, -0.2) is 5.91 Å². The van der Waals surface area contributed by atoms with E-state index >= 15 is 0 Å². The van der Waals surface area contributed by atoms with Crippen LogP contribution in [0.4, 0.5) is 10.1 Å². The number of benzene rings is 2. The number of hydrogen-bond donors (Lipinski definition) is 1. The van der Waals surface area contributed by atoms with Crippen molar-refractivity contribution >= 4 is 40.9 Å². The van der Waals surface area contributed by atoms with Crippen LogP contribution >= 0.6 is 23.2 Å². The van der Waals surface area contributed by atoms with Crippen LogP contribution in [0.5, 0.6) is 0 Å². The van der Waals surface area contributed by atoms with Gasteiger partial charge in [0.15, 0.2) is 0 Å². The summed E-state index contributed by atoms with van der Waals surface area (Å²) in [5.41, 5.74) is 0.360. The summed E-state index contributed by atoms with van der Waals surface area (Å²) in [5, 5.41) is 12.1. The van der Waals surface area contributed by atoms with E-state index in [2.05, 4.69) is 5.32 Å². The molecule has 0 unspecified atom stereocenters. The molecule has 0 aliphatic carbocycles. The van der Waals surface area contributed by atoms with Gasteiger partial charge in [-0.05, 0) is 35.9 Å². The standard InChI is InChI=1S/C16H9Cl2FN2O/c17-12-6-5-10(8-13(12)18)7-11(9-20)16(22)21-15-4-2-1-3-14(15)19/h1-8H,(H,21,22). The lowest BCUT2D eigenvalue weighted by Crippen LogP contribution is -2.14. The number of rotatable bonds is 3. The van der Waals surface area contributed by atoms with Gasteiger partial charge in [0.05, 0.1) is 15.7 Å². The zero-order valence-corrected chi connectivity index (χ0v) is 12.6. The zero-order valence-electron chi connectivity index (χ0n) is 11.1. The quantitative estimate of drug-likeness (QED) is 0.654. The van der Waals surface area contributed by atoms with Crippen LogP contribution in [0.2, 0.25) is 10.0 Å². The molecule has 0 spiro atoms. The van der Waals surface area contributed by atoms with Crippen molar-refractivity contribution in [2.24, 2.45) is 0 Å². The average molecular weight is 335 g/mol. The van der Waals surface area contributed by atoms with Crippen LogP contribution < -0.4 is 5.32 Å². The molecule has 0 saturated heterocycles. The van der Waals surface area contributed by atoms with Gasteiger partial charge in [-0.2, -0.15) is 5.26 Å². The number of nitriles is 1. The number of para-hydroxylation sites is 1. The van der Waals surface area contributed by atoms with E-state index in [0.29, 0.717) is 15.6 Å². The first-order valence-corrected chi connectivity index (χ1v) is 6.89. The third-order valence-corrected chi connectivity index (χ3v) is 3.48. The second-order valence-corrected chi connectivity index (χ2v) is 5.09. The Hall–Kier alpha value is -2.35. The van der Waals surface area contributed by atoms with Gasteiger partial charge in [0.25, 0.3) is 5.91 Å². The van der Waals surface area contributed by atoms with E-state index in [0.717, 1.165) is 0 Å². The summed E-state index contributed by atoms with van der Waals surface area (Å²) in [6.45, 7) is 0. The number of anilines is 1. The molecule has 6 heteroatoms. The zero-order chi connectivity index (χ0) is 16.1. The highest BCUT2D eigenvalue weighted by Gasteiger charge is 2.12. The molecular formula is C16H9Cl2FN2O. The van der Waals surface area contributed by atoms with E-state index in [9.17, 15) is 9.18 Å². The highest BCUT2D eigenvalue weighted by atomic mass is 35.5. The van der Waals surface area contributed by atoms with E-state index < -0.39 is 11.7 Å². The van der Waals surface area contributed by atoms with E-state index in [1.165, 1.54) is 30.3 Å². The van der Waals surface area contributed by atoms with Crippen molar-refractivity contribution in [1.82, 2.24) is 0 Å². The van der Waals surface area contributed by atoms with E-state index in [4.69, 9.17) is 28.5 Å². The number of hydrogen-bond acceptors (Lipinski definition) is 2. The van der Waals surface area contributed by atoms with Gasteiger partial charge in [0.2, 0.25) is 0 Å². The monoisotopic (exact) mass is 334 g/mol. The largest absolute Gasteiger partial charge is 0.319 e. The molecule has 0 saturated carbocycles. The van der Waals surface area contributed by atoms with Gasteiger partial charge in [-0.1, -0.05) is 41.4 Å². The predicted molar refractivity (Wildman–Crippen MR) is 85.1 cm³/mol. The van der Waals surface area contributed by atoms with Gasteiger partial charge in [-0.15, -0.1) is 0 Å². The molecule has 1 N–H and O–H groups in total. The molecule has 2 rings (SSSR count). The summed E-state index contributed by atoms with van der Waals surface area (Å²) in [6.07, 6.45) is 1.35. The van der Waals surface area contributed by atoms with Crippen LogP contribution in [0.1, 0.15) is 5.56 Å². The van der Waals surface area contributed by atoms with Gasteiger partial charge >= 0.3 is 0 Å². The number of nitrogens with one attached hydrogen (secondary N) is 1. The number of carbonyl (C=O) groups is 1. The topological polar surface area (TPSA) is 52.9 Å². The molecule has 3 nitrogen and oxygen atoms in total. The van der Waals surface area contributed by atoms with Crippen LogP contribution in [0, 0.1) is 17.1 Å². The first kappa shape index (κ1) is 16.0. The first-order chi connectivity index (χ1) is 10.5. The minimum atomic E-state index is -0.710. The van der Waals surface area contributed by atoms with Gasteiger partial charge < -0.3 is 5.32 Å². The molecule has 22 heavy (non-hydrogen) atoms. The van der Waals surface area contributed by atoms with Crippen molar-refractivity contribution in [2.75, 3.05) is 5.32 Å². The second-order valence-electron chi connectivity index (χ2n) is 4.28. The summed E-state index contributed by atoms with van der Waals surface area (Å²) in [4.78, 5) is 12.0. The van der Waals surface area contributed by atoms with E-state index in [1.54, 1.807) is 24.3 Å². The molecule has 0 heterocycles. The molecule has 0 atom stereocenters. The Morgan fingerprint density at radius 2 is 1.91 bits per heavy atom. The van der Waals surface area contributed by atoms with Crippen molar-refractivity contribution in [3.05, 3.63) is 69.5 Å². The maximum atomic E-state index is 13.5. The minimum absolute atomic E-state index is 0.00258. The summed E-state index contributed by atoms with van der Waals surface area (Å²) in [5.74, 6) is -1.29. The average Bonchev–Trinajstić information content (AvgIpc) is 2.50. The first-order valence-electron chi connectivity index (χ1n) is 6.14. The van der Waals surface area contributed by atoms with Gasteiger partial charge in [-0.3, -0.25) is 4.79 Å². The highest BCUT2D eigenvalue weighted by molar-refractivity contribution is 6.42. The summed E-state index contributed by atoms with van der Waals surface area (Å²) in [7, 11) is 0. The van der Waals surface area contributed by atoms with Crippen molar-refractivity contribution in [3.8, 4) is 6.07 Å². The molecule has 2 aromatic carbocycles. The number of halogens is 3.